The van der Waals surface area contributed by atoms with Gasteiger partial charge in [-0.05, 0) is 31.0 Å². The van der Waals surface area contributed by atoms with E-state index in [9.17, 15) is 18.0 Å². The summed E-state index contributed by atoms with van der Waals surface area (Å²) in [5.41, 5.74) is 6.50. The van der Waals surface area contributed by atoms with Crippen LogP contribution in [0.3, 0.4) is 0 Å². The zero-order valence-corrected chi connectivity index (χ0v) is 10.1. The standard InChI is InChI=1S/C12H15F3N2O2/c13-12(14,15)5-1-2-6-17-10-7-8(11(18)19)3-4-9(10)16/h3-4,7,17H,1-2,5-6,16H2,(H,18,19). The second kappa shape index (κ2) is 6.31. The van der Waals surface area contributed by atoms with Gasteiger partial charge in [-0.2, -0.15) is 13.2 Å². The van der Waals surface area contributed by atoms with Gasteiger partial charge in [0.25, 0.3) is 0 Å². The van der Waals surface area contributed by atoms with E-state index >= 15 is 0 Å². The van der Waals surface area contributed by atoms with Crippen LogP contribution in [0.25, 0.3) is 0 Å². The summed E-state index contributed by atoms with van der Waals surface area (Å²) in [5, 5.41) is 11.6. The second-order valence-corrected chi connectivity index (χ2v) is 4.11. The van der Waals surface area contributed by atoms with Crippen molar-refractivity contribution in [3.05, 3.63) is 23.8 Å². The first-order chi connectivity index (χ1) is 8.79. The largest absolute Gasteiger partial charge is 0.478 e. The van der Waals surface area contributed by atoms with Crippen molar-refractivity contribution < 1.29 is 23.1 Å². The maximum atomic E-state index is 11.9. The first-order valence-electron chi connectivity index (χ1n) is 5.73. The lowest BCUT2D eigenvalue weighted by Gasteiger charge is -2.10. The topological polar surface area (TPSA) is 75.4 Å². The molecular formula is C12H15F3N2O2. The fourth-order valence-electron chi connectivity index (χ4n) is 1.52. The number of anilines is 2. The number of nitrogens with one attached hydrogen (secondary N) is 1. The number of hydrogen-bond acceptors (Lipinski definition) is 3. The Morgan fingerprint density at radius 1 is 1.32 bits per heavy atom. The molecule has 1 rings (SSSR count). The van der Waals surface area contributed by atoms with Crippen LogP contribution >= 0.6 is 0 Å². The lowest BCUT2D eigenvalue weighted by molar-refractivity contribution is -0.135. The van der Waals surface area contributed by atoms with Crippen LogP contribution in [0.4, 0.5) is 24.5 Å². The summed E-state index contributed by atoms with van der Waals surface area (Å²) < 4.78 is 35.7. The number of aromatic carboxylic acids is 1. The number of benzene rings is 1. The number of carboxylic acids is 1. The van der Waals surface area contributed by atoms with Gasteiger partial charge in [-0.1, -0.05) is 0 Å². The van der Waals surface area contributed by atoms with Crippen LogP contribution < -0.4 is 11.1 Å². The Morgan fingerprint density at radius 3 is 2.58 bits per heavy atom. The smallest absolute Gasteiger partial charge is 0.389 e. The molecule has 0 aliphatic rings. The van der Waals surface area contributed by atoms with Crippen molar-refractivity contribution in [1.82, 2.24) is 0 Å². The van der Waals surface area contributed by atoms with Crippen LogP contribution in [0.2, 0.25) is 0 Å². The van der Waals surface area contributed by atoms with Crippen LogP contribution in [0.1, 0.15) is 29.6 Å². The molecule has 4 nitrogen and oxygen atoms in total. The van der Waals surface area contributed by atoms with Crippen molar-refractivity contribution in [2.75, 3.05) is 17.6 Å². The van der Waals surface area contributed by atoms with E-state index in [0.29, 0.717) is 24.3 Å². The first kappa shape index (κ1) is 15.1. The van der Waals surface area contributed by atoms with Gasteiger partial charge in [-0.15, -0.1) is 0 Å². The van der Waals surface area contributed by atoms with Crippen molar-refractivity contribution >= 4 is 17.3 Å². The van der Waals surface area contributed by atoms with Crippen LogP contribution in [0.15, 0.2) is 18.2 Å². The maximum Gasteiger partial charge on any atom is 0.389 e. The summed E-state index contributed by atoms with van der Waals surface area (Å²) in [6, 6.07) is 4.18. The summed E-state index contributed by atoms with van der Waals surface area (Å²) in [5.74, 6) is -1.08. The number of nitrogens with two attached hydrogens (primary N) is 1. The van der Waals surface area contributed by atoms with Gasteiger partial charge in [0, 0.05) is 13.0 Å². The Hall–Kier alpha value is -1.92. The average Bonchev–Trinajstić information content (AvgIpc) is 2.29. The fourth-order valence-corrected chi connectivity index (χ4v) is 1.52. The van der Waals surface area contributed by atoms with E-state index in [4.69, 9.17) is 10.8 Å². The molecule has 0 amide bonds. The lowest BCUT2D eigenvalue weighted by Crippen LogP contribution is -2.09. The monoisotopic (exact) mass is 276 g/mol. The average molecular weight is 276 g/mol. The van der Waals surface area contributed by atoms with Crippen LogP contribution in [0, 0.1) is 0 Å². The van der Waals surface area contributed by atoms with Crippen LogP contribution in [-0.4, -0.2) is 23.8 Å². The molecule has 0 aliphatic carbocycles. The van der Waals surface area contributed by atoms with Crippen molar-refractivity contribution in [2.24, 2.45) is 0 Å². The van der Waals surface area contributed by atoms with Gasteiger partial charge in [-0.25, -0.2) is 4.79 Å². The second-order valence-electron chi connectivity index (χ2n) is 4.11. The molecule has 0 radical (unpaired) electrons. The highest BCUT2D eigenvalue weighted by Crippen LogP contribution is 2.23. The first-order valence-corrected chi connectivity index (χ1v) is 5.73. The van der Waals surface area contributed by atoms with Gasteiger partial charge in [0.1, 0.15) is 0 Å². The third kappa shape index (κ3) is 5.50. The Balaban J connectivity index is 2.45. The van der Waals surface area contributed by atoms with E-state index in [-0.39, 0.29) is 12.0 Å². The molecule has 0 saturated heterocycles. The minimum absolute atomic E-state index is 0.0228. The summed E-state index contributed by atoms with van der Waals surface area (Å²) in [4.78, 5) is 10.8. The zero-order chi connectivity index (χ0) is 14.5. The molecule has 1 aromatic rings. The molecule has 0 saturated carbocycles. The molecule has 0 fully saturated rings. The maximum absolute atomic E-state index is 11.9. The Morgan fingerprint density at radius 2 is 2.00 bits per heavy atom. The van der Waals surface area contributed by atoms with E-state index < -0.39 is 18.6 Å². The quantitative estimate of drug-likeness (QED) is 0.551. The van der Waals surface area contributed by atoms with E-state index in [1.807, 2.05) is 0 Å². The molecule has 1 aromatic carbocycles. The number of carbonyl (C=O) groups is 1. The number of nitrogen functional groups attached to an aromatic ring is 1. The Kier molecular flexibility index (Phi) is 5.02. The van der Waals surface area contributed by atoms with Crippen molar-refractivity contribution in [3.63, 3.8) is 0 Å². The molecule has 4 N–H and O–H groups in total. The molecule has 7 heteroatoms. The number of alkyl halides is 3. The predicted octanol–water partition coefficient (Wildman–Crippen LogP) is 3.11. The highest BCUT2D eigenvalue weighted by atomic mass is 19.4. The normalized spacial score (nSPS) is 11.3. The van der Waals surface area contributed by atoms with E-state index in [1.54, 1.807) is 0 Å². The number of carboxylic acid groups (broad SMARTS) is 1. The van der Waals surface area contributed by atoms with Gasteiger partial charge < -0.3 is 16.2 Å². The fraction of sp³-hybridized carbons (Fsp3) is 0.417. The number of hydrogen-bond donors (Lipinski definition) is 3. The minimum atomic E-state index is -4.14. The molecule has 19 heavy (non-hydrogen) atoms. The molecule has 0 atom stereocenters. The highest BCUT2D eigenvalue weighted by molar-refractivity contribution is 5.90. The van der Waals surface area contributed by atoms with Gasteiger partial charge in [-0.3, -0.25) is 0 Å². The lowest BCUT2D eigenvalue weighted by atomic mass is 10.1. The Bertz CT molecular complexity index is 447. The minimum Gasteiger partial charge on any atom is -0.478 e. The van der Waals surface area contributed by atoms with Gasteiger partial charge >= 0.3 is 12.1 Å². The molecule has 0 bridgehead atoms. The summed E-state index contributed by atoms with van der Waals surface area (Å²) in [7, 11) is 0. The molecule has 106 valence electrons. The molecule has 0 aliphatic heterocycles. The van der Waals surface area contributed by atoms with E-state index in [2.05, 4.69) is 5.32 Å². The number of halogens is 3. The molecule has 0 aromatic heterocycles. The van der Waals surface area contributed by atoms with Gasteiger partial charge in [0.2, 0.25) is 0 Å². The summed E-state index contributed by atoms with van der Waals surface area (Å²) >= 11 is 0. The van der Waals surface area contributed by atoms with Gasteiger partial charge in [0.05, 0.1) is 16.9 Å². The molecule has 0 spiro atoms. The van der Waals surface area contributed by atoms with Crippen molar-refractivity contribution in [3.8, 4) is 0 Å². The summed E-state index contributed by atoms with van der Waals surface area (Å²) in [6.45, 7) is 0.309. The summed E-state index contributed by atoms with van der Waals surface area (Å²) in [6.07, 6.45) is -4.60. The van der Waals surface area contributed by atoms with E-state index in [1.165, 1.54) is 18.2 Å². The highest BCUT2D eigenvalue weighted by Gasteiger charge is 2.25. The predicted molar refractivity (Wildman–Crippen MR) is 66.2 cm³/mol. The molecular weight excluding hydrogens is 261 g/mol. The zero-order valence-electron chi connectivity index (χ0n) is 10.1. The van der Waals surface area contributed by atoms with Crippen LogP contribution in [-0.2, 0) is 0 Å². The third-order valence-electron chi connectivity index (χ3n) is 2.50. The molecule has 0 unspecified atom stereocenters. The van der Waals surface area contributed by atoms with Crippen molar-refractivity contribution in [2.45, 2.75) is 25.4 Å². The third-order valence-corrected chi connectivity index (χ3v) is 2.50. The van der Waals surface area contributed by atoms with Crippen molar-refractivity contribution in [1.29, 1.82) is 0 Å². The molecule has 0 heterocycles. The number of unbranched alkanes of at least 4 members (excludes halogenated alkanes) is 1. The van der Waals surface area contributed by atoms with Crippen LogP contribution in [0.5, 0.6) is 0 Å². The van der Waals surface area contributed by atoms with E-state index in [0.717, 1.165) is 0 Å². The number of rotatable bonds is 6. The Labute approximate surface area is 108 Å². The van der Waals surface area contributed by atoms with Gasteiger partial charge in [0.15, 0.2) is 0 Å². The SMILES string of the molecule is Nc1ccc(C(=O)O)cc1NCCCCC(F)(F)F.